The van der Waals surface area contributed by atoms with Gasteiger partial charge in [-0.2, -0.15) is 0 Å². The Morgan fingerprint density at radius 1 is 0.957 bits per heavy atom. The van der Waals surface area contributed by atoms with E-state index in [2.05, 4.69) is 73.2 Å². The van der Waals surface area contributed by atoms with Gasteiger partial charge in [-0.15, -0.1) is 0 Å². The largest absolute Gasteiger partial charge is 0.325 e. The lowest BCUT2D eigenvalue weighted by Crippen LogP contribution is -2.07. The normalized spacial score (nSPS) is 11.1. The highest BCUT2D eigenvalue weighted by molar-refractivity contribution is 9.10. The van der Waals surface area contributed by atoms with Gasteiger partial charge in [0.25, 0.3) is 0 Å². The molecule has 0 aliphatic heterocycles. The van der Waals surface area contributed by atoms with Crippen LogP contribution in [0.25, 0.3) is 11.1 Å². The number of carbonyl (C=O) groups excluding carboxylic acids is 1. The highest BCUT2D eigenvalue weighted by Gasteiger charge is 2.18. The van der Waals surface area contributed by atoms with Gasteiger partial charge in [-0.05, 0) is 56.1 Å². The Labute approximate surface area is 147 Å². The van der Waals surface area contributed by atoms with Crippen LogP contribution < -0.4 is 5.32 Å². The van der Waals surface area contributed by atoms with Crippen LogP contribution in [-0.4, -0.2) is 5.91 Å². The molecule has 0 heterocycles. The summed E-state index contributed by atoms with van der Waals surface area (Å²) in [5.74, 6) is 0.795. The number of amides is 1. The molecule has 0 aromatic heterocycles. The van der Waals surface area contributed by atoms with Crippen LogP contribution >= 0.6 is 15.9 Å². The van der Waals surface area contributed by atoms with Gasteiger partial charge in [-0.3, -0.25) is 4.79 Å². The molecule has 2 aromatic rings. The summed E-state index contributed by atoms with van der Waals surface area (Å²) in [5, 5.41) is 2.89. The number of nitrogens with one attached hydrogen (secondary N) is 1. The maximum absolute atomic E-state index is 11.4. The van der Waals surface area contributed by atoms with Crippen LogP contribution in [0.4, 0.5) is 5.69 Å². The van der Waals surface area contributed by atoms with Crippen molar-refractivity contribution in [3.8, 4) is 11.1 Å². The molecule has 0 radical (unpaired) electrons. The SMILES string of the molecule is CC(=O)Nc1cccc(-c2c(C(C)C)cccc2C(C)C)c1Br. The third-order valence-electron chi connectivity index (χ3n) is 3.95. The van der Waals surface area contributed by atoms with E-state index in [1.54, 1.807) is 0 Å². The molecule has 0 saturated heterocycles. The Kier molecular flexibility index (Phi) is 5.64. The third-order valence-corrected chi connectivity index (χ3v) is 4.81. The number of rotatable bonds is 4. The van der Waals surface area contributed by atoms with E-state index >= 15 is 0 Å². The summed E-state index contributed by atoms with van der Waals surface area (Å²) in [5.41, 5.74) is 5.87. The second kappa shape index (κ2) is 7.31. The van der Waals surface area contributed by atoms with E-state index in [-0.39, 0.29) is 5.91 Å². The molecule has 0 atom stereocenters. The Hall–Kier alpha value is -1.61. The van der Waals surface area contributed by atoms with Crippen LogP contribution in [0.15, 0.2) is 40.9 Å². The monoisotopic (exact) mass is 373 g/mol. The fourth-order valence-corrected chi connectivity index (χ4v) is 3.43. The number of carbonyl (C=O) groups is 1. The first kappa shape index (κ1) is 17.7. The molecule has 0 aliphatic carbocycles. The second-order valence-corrected chi connectivity index (χ2v) is 7.26. The Bertz CT molecular complexity index is 693. The molecule has 2 rings (SSSR count). The van der Waals surface area contributed by atoms with Crippen molar-refractivity contribution in [1.29, 1.82) is 0 Å². The summed E-state index contributed by atoms with van der Waals surface area (Å²) in [6, 6.07) is 12.6. The van der Waals surface area contributed by atoms with Gasteiger partial charge in [0, 0.05) is 11.4 Å². The summed E-state index contributed by atoms with van der Waals surface area (Å²) in [6.07, 6.45) is 0. The van der Waals surface area contributed by atoms with Gasteiger partial charge in [-0.25, -0.2) is 0 Å². The van der Waals surface area contributed by atoms with Crippen LogP contribution in [0, 0.1) is 0 Å². The molecule has 0 saturated carbocycles. The molecular weight excluding hydrogens is 350 g/mol. The zero-order valence-electron chi connectivity index (χ0n) is 14.4. The highest BCUT2D eigenvalue weighted by Crippen LogP contribution is 2.41. The lowest BCUT2D eigenvalue weighted by Gasteiger charge is -2.21. The third kappa shape index (κ3) is 3.84. The molecular formula is C20H24BrNO. The van der Waals surface area contributed by atoms with E-state index in [1.165, 1.54) is 23.6 Å². The first-order chi connectivity index (χ1) is 10.8. The van der Waals surface area contributed by atoms with Gasteiger partial charge in [0.15, 0.2) is 0 Å². The Morgan fingerprint density at radius 2 is 1.48 bits per heavy atom. The molecule has 122 valence electrons. The molecule has 2 aromatic carbocycles. The van der Waals surface area contributed by atoms with Gasteiger partial charge in [0.2, 0.25) is 5.91 Å². The fourth-order valence-electron chi connectivity index (χ4n) is 2.87. The maximum Gasteiger partial charge on any atom is 0.221 e. The number of hydrogen-bond acceptors (Lipinski definition) is 1. The van der Waals surface area contributed by atoms with Gasteiger partial charge in [0.05, 0.1) is 5.69 Å². The molecule has 2 nitrogen and oxygen atoms in total. The molecule has 0 aliphatic rings. The van der Waals surface area contributed by atoms with Gasteiger partial charge in [-0.1, -0.05) is 58.0 Å². The summed E-state index contributed by atoms with van der Waals surface area (Å²) in [4.78, 5) is 11.4. The quantitative estimate of drug-likeness (QED) is 0.666. The van der Waals surface area contributed by atoms with Crippen LogP contribution in [0.3, 0.4) is 0 Å². The number of benzene rings is 2. The number of anilines is 1. The van der Waals surface area contributed by atoms with Crippen molar-refractivity contribution in [2.24, 2.45) is 0 Å². The van der Waals surface area contributed by atoms with Gasteiger partial charge >= 0.3 is 0 Å². The molecule has 1 amide bonds. The Balaban J connectivity index is 2.73. The number of hydrogen-bond donors (Lipinski definition) is 1. The summed E-state index contributed by atoms with van der Waals surface area (Å²) >= 11 is 3.70. The zero-order chi connectivity index (χ0) is 17.1. The fraction of sp³-hybridized carbons (Fsp3) is 0.350. The lowest BCUT2D eigenvalue weighted by molar-refractivity contribution is -0.114. The van der Waals surface area contributed by atoms with Crippen molar-refractivity contribution in [1.82, 2.24) is 0 Å². The van der Waals surface area contributed by atoms with Crippen molar-refractivity contribution in [3.05, 3.63) is 52.0 Å². The smallest absolute Gasteiger partial charge is 0.221 e. The average Bonchev–Trinajstić information content (AvgIpc) is 2.48. The molecule has 0 bridgehead atoms. The zero-order valence-corrected chi connectivity index (χ0v) is 16.0. The van der Waals surface area contributed by atoms with Crippen molar-refractivity contribution < 1.29 is 4.79 Å². The van der Waals surface area contributed by atoms with E-state index < -0.39 is 0 Å². The van der Waals surface area contributed by atoms with Crippen LogP contribution in [0.2, 0.25) is 0 Å². The summed E-state index contributed by atoms with van der Waals surface area (Å²) in [6.45, 7) is 10.4. The maximum atomic E-state index is 11.4. The average molecular weight is 374 g/mol. The predicted molar refractivity (Wildman–Crippen MR) is 102 cm³/mol. The van der Waals surface area contributed by atoms with Crippen LogP contribution in [0.1, 0.15) is 57.6 Å². The minimum absolute atomic E-state index is 0.0657. The molecule has 3 heteroatoms. The van der Waals surface area contributed by atoms with Gasteiger partial charge < -0.3 is 5.32 Å². The minimum Gasteiger partial charge on any atom is -0.325 e. The second-order valence-electron chi connectivity index (χ2n) is 6.47. The van der Waals surface area contributed by atoms with E-state index in [9.17, 15) is 4.79 Å². The van der Waals surface area contributed by atoms with E-state index in [1.807, 2.05) is 12.1 Å². The molecule has 0 spiro atoms. The highest BCUT2D eigenvalue weighted by atomic mass is 79.9. The Morgan fingerprint density at radius 3 is 1.96 bits per heavy atom. The summed E-state index contributed by atoms with van der Waals surface area (Å²) in [7, 11) is 0. The molecule has 23 heavy (non-hydrogen) atoms. The van der Waals surface area contributed by atoms with Crippen molar-refractivity contribution in [2.45, 2.75) is 46.5 Å². The number of halogens is 1. The molecule has 1 N–H and O–H groups in total. The van der Waals surface area contributed by atoms with E-state index in [0.717, 1.165) is 15.7 Å². The van der Waals surface area contributed by atoms with Gasteiger partial charge in [0.1, 0.15) is 0 Å². The molecule has 0 unspecified atom stereocenters. The van der Waals surface area contributed by atoms with E-state index in [0.29, 0.717) is 11.8 Å². The van der Waals surface area contributed by atoms with E-state index in [4.69, 9.17) is 0 Å². The first-order valence-electron chi connectivity index (χ1n) is 8.02. The molecule has 0 fully saturated rings. The van der Waals surface area contributed by atoms with Crippen LogP contribution in [-0.2, 0) is 4.79 Å². The first-order valence-corrected chi connectivity index (χ1v) is 8.81. The van der Waals surface area contributed by atoms with Crippen LogP contribution in [0.5, 0.6) is 0 Å². The lowest BCUT2D eigenvalue weighted by atomic mass is 9.85. The van der Waals surface area contributed by atoms with Crippen molar-refractivity contribution >= 4 is 27.5 Å². The topological polar surface area (TPSA) is 29.1 Å². The standard InChI is InChI=1S/C20H24BrNO/c1-12(2)15-8-6-9-16(13(3)4)19(15)17-10-7-11-18(20(17)21)22-14(5)23/h6-13H,1-5H3,(H,22,23). The minimum atomic E-state index is -0.0657. The predicted octanol–water partition coefficient (Wildman–Crippen LogP) is 6.32. The van der Waals surface area contributed by atoms with Crippen molar-refractivity contribution in [2.75, 3.05) is 5.32 Å². The van der Waals surface area contributed by atoms with Crippen molar-refractivity contribution in [3.63, 3.8) is 0 Å². The summed E-state index contributed by atoms with van der Waals surface area (Å²) < 4.78 is 0.935.